The number of hydrogen-bond donors (Lipinski definition) is 0. The van der Waals surface area contributed by atoms with Crippen molar-refractivity contribution in [2.75, 3.05) is 0 Å². The van der Waals surface area contributed by atoms with Crippen LogP contribution in [0.4, 0.5) is 12.9 Å². The van der Waals surface area contributed by atoms with Crippen molar-refractivity contribution in [3.05, 3.63) is 47.5 Å². The molecular weight excluding hydrogens is 391 g/mol. The third-order valence-corrected chi connectivity index (χ3v) is 5.10. The molecule has 2 aromatic rings. The Kier molecular flexibility index (Phi) is 15.0. The van der Waals surface area contributed by atoms with Gasteiger partial charge in [0.25, 0.3) is 0 Å². The van der Waals surface area contributed by atoms with Crippen LogP contribution in [0.15, 0.2) is 30.9 Å². The maximum atomic E-state index is 9.67. The molecule has 0 saturated heterocycles. The van der Waals surface area contributed by atoms with E-state index in [2.05, 4.69) is 67.7 Å². The van der Waals surface area contributed by atoms with Gasteiger partial charge in [0.15, 0.2) is 0 Å². The summed E-state index contributed by atoms with van der Waals surface area (Å²) in [4.78, 5) is 0. The number of aryl methyl sites for hydroxylation is 4. The molecule has 0 radical (unpaired) electrons. The Labute approximate surface area is 180 Å². The molecule has 1 aromatic heterocycles. The molecule has 2 nitrogen and oxygen atoms in total. The Morgan fingerprint density at radius 1 is 0.833 bits per heavy atom. The second-order valence-corrected chi connectivity index (χ2v) is 7.88. The lowest BCUT2D eigenvalue weighted by Gasteiger charge is -2.07. The third kappa shape index (κ3) is 11.4. The lowest BCUT2D eigenvalue weighted by Crippen LogP contribution is -3.00. The highest BCUT2D eigenvalue weighted by Gasteiger charge is 2.12. The average molecular weight is 428 g/mol. The lowest BCUT2D eigenvalue weighted by molar-refractivity contribution is -0.696. The van der Waals surface area contributed by atoms with E-state index in [-0.39, 0.29) is 4.70 Å². The summed E-state index contributed by atoms with van der Waals surface area (Å²) in [6, 6.07) is 4.54. The minimum absolute atomic E-state index is 0. The molecule has 0 atom stereocenters. The molecule has 7 heteroatoms. The summed E-state index contributed by atoms with van der Waals surface area (Å²) >= 11 is 0. The van der Waals surface area contributed by atoms with Gasteiger partial charge in [0.05, 0.1) is 6.54 Å². The molecule has 0 aliphatic heterocycles. The number of benzene rings is 1. The molecule has 2 rings (SSSR count). The first-order valence-corrected chi connectivity index (χ1v) is 10.9. The van der Waals surface area contributed by atoms with Crippen LogP contribution < -0.4 is 9.27 Å². The van der Waals surface area contributed by atoms with Gasteiger partial charge in [0, 0.05) is 0 Å². The monoisotopic (exact) mass is 428 g/mol. The highest BCUT2D eigenvalue weighted by atomic mass is 19.4. The predicted octanol–water partition coefficient (Wildman–Crippen LogP) is 4.10. The Morgan fingerprint density at radius 2 is 1.30 bits per heavy atom. The van der Waals surface area contributed by atoms with Crippen LogP contribution in [-0.2, 0) is 6.54 Å². The number of imidazole rings is 1. The van der Waals surface area contributed by atoms with Crippen molar-refractivity contribution >= 4 is 7.54 Å². The Hall–Kier alpha value is -1.79. The van der Waals surface area contributed by atoms with E-state index in [0.29, 0.717) is 0 Å². The number of rotatable bonds is 11. The predicted molar refractivity (Wildman–Crippen MR) is 116 cm³/mol. The number of nitrogens with zero attached hydrogens (tertiary/aromatic N) is 2. The van der Waals surface area contributed by atoms with Crippen LogP contribution in [0, 0.1) is 20.8 Å². The lowest BCUT2D eigenvalue weighted by atomic mass is 10.1. The van der Waals surface area contributed by atoms with Crippen molar-refractivity contribution in [2.24, 2.45) is 0 Å². The second-order valence-electron chi connectivity index (χ2n) is 7.88. The molecule has 0 aliphatic carbocycles. The Morgan fingerprint density at radius 3 is 1.80 bits per heavy atom. The largest absolute Gasteiger partial charge is 1.00 e. The van der Waals surface area contributed by atoms with E-state index >= 15 is 0 Å². The van der Waals surface area contributed by atoms with Gasteiger partial charge in [-0.3, -0.25) is 12.9 Å². The zero-order chi connectivity index (χ0) is 21.6. The van der Waals surface area contributed by atoms with Gasteiger partial charge in [-0.15, -0.1) is 0 Å². The number of aromatic nitrogens is 2. The summed E-state index contributed by atoms with van der Waals surface area (Å²) in [5.41, 5.74) is 5.37. The summed E-state index contributed by atoms with van der Waals surface area (Å²) in [5, 5.41) is 0. The van der Waals surface area contributed by atoms with Crippen molar-refractivity contribution in [3.63, 3.8) is 0 Å². The molecule has 0 bridgehead atoms. The van der Waals surface area contributed by atoms with E-state index in [1.165, 1.54) is 80.2 Å². The van der Waals surface area contributed by atoms with Gasteiger partial charge in [-0.2, -0.15) is 0 Å². The molecule has 0 fully saturated rings. The van der Waals surface area contributed by atoms with Crippen molar-refractivity contribution in [2.45, 2.75) is 92.0 Å². The third-order valence-electron chi connectivity index (χ3n) is 5.10. The first kappa shape index (κ1) is 28.2. The van der Waals surface area contributed by atoms with Crippen molar-refractivity contribution < 1.29 is 22.2 Å². The van der Waals surface area contributed by atoms with Crippen LogP contribution in [0.3, 0.4) is 0 Å². The van der Waals surface area contributed by atoms with Crippen molar-refractivity contribution in [3.8, 4) is 5.69 Å². The summed E-state index contributed by atoms with van der Waals surface area (Å²) in [7, 11) is -3.67. The molecule has 0 amide bonds. The first-order valence-electron chi connectivity index (χ1n) is 10.9. The summed E-state index contributed by atoms with van der Waals surface area (Å²) in [6.07, 6.45) is 19.1. The zero-order valence-corrected chi connectivity index (χ0v) is 18.9. The Balaban J connectivity index is 0.00000154. The SMILES string of the molecule is CCCCCCCCCCC[n+]1ccn(-c2c(C)cc(C)cc2C)c1.FB(F)F.[F-]. The molecule has 1 aromatic carbocycles. The van der Waals surface area contributed by atoms with Gasteiger partial charge < -0.3 is 4.70 Å². The normalized spacial score (nSPS) is 10.2. The molecule has 0 unspecified atom stereocenters. The summed E-state index contributed by atoms with van der Waals surface area (Å²) < 4.78 is 33.6. The van der Waals surface area contributed by atoms with Crippen LogP contribution in [0.1, 0.15) is 81.4 Å². The summed E-state index contributed by atoms with van der Waals surface area (Å²) in [5.74, 6) is 0. The average Bonchev–Trinajstić information content (AvgIpc) is 3.07. The van der Waals surface area contributed by atoms with E-state index in [0.717, 1.165) is 6.54 Å². The van der Waals surface area contributed by atoms with Crippen LogP contribution >= 0.6 is 0 Å². The maximum Gasteiger partial charge on any atom is 0.762 e. The smallest absolute Gasteiger partial charge is 0.762 e. The minimum atomic E-state index is -3.67. The van der Waals surface area contributed by atoms with Gasteiger partial charge in [-0.05, 0) is 44.7 Å². The number of hydrogen-bond acceptors (Lipinski definition) is 0. The second kappa shape index (κ2) is 16.0. The molecule has 0 aliphatic rings. The highest BCUT2D eigenvalue weighted by molar-refractivity contribution is 6.33. The van der Waals surface area contributed by atoms with E-state index < -0.39 is 7.54 Å². The van der Waals surface area contributed by atoms with Gasteiger partial charge in [0.1, 0.15) is 18.1 Å². The molecule has 0 spiro atoms. The Bertz CT molecular complexity index is 679. The maximum absolute atomic E-state index is 9.67. The van der Waals surface area contributed by atoms with E-state index in [9.17, 15) is 12.9 Å². The van der Waals surface area contributed by atoms with Crippen molar-refractivity contribution in [1.29, 1.82) is 0 Å². The van der Waals surface area contributed by atoms with E-state index in [1.54, 1.807) is 0 Å². The fourth-order valence-electron chi connectivity index (χ4n) is 3.84. The highest BCUT2D eigenvalue weighted by Crippen LogP contribution is 2.20. The van der Waals surface area contributed by atoms with Gasteiger partial charge >= 0.3 is 7.54 Å². The number of halogens is 4. The van der Waals surface area contributed by atoms with Crippen LogP contribution in [0.5, 0.6) is 0 Å². The van der Waals surface area contributed by atoms with E-state index in [1.807, 2.05) is 0 Å². The molecular formula is C23H37BF4N2. The van der Waals surface area contributed by atoms with Gasteiger partial charge in [0.2, 0.25) is 6.33 Å². The zero-order valence-electron chi connectivity index (χ0n) is 18.9. The quantitative estimate of drug-likeness (QED) is 0.221. The molecule has 0 N–H and O–H groups in total. The van der Waals surface area contributed by atoms with Crippen LogP contribution in [0.2, 0.25) is 0 Å². The van der Waals surface area contributed by atoms with Gasteiger partial charge in [-0.25, -0.2) is 9.13 Å². The first-order chi connectivity index (χ1) is 13.8. The van der Waals surface area contributed by atoms with Crippen LogP contribution in [0.25, 0.3) is 5.69 Å². The fraction of sp³-hybridized carbons (Fsp3) is 0.609. The summed E-state index contributed by atoms with van der Waals surface area (Å²) in [6.45, 7) is 10.0. The molecule has 170 valence electrons. The van der Waals surface area contributed by atoms with Gasteiger partial charge in [-0.1, -0.05) is 69.6 Å². The topological polar surface area (TPSA) is 8.81 Å². The number of unbranched alkanes of at least 4 members (excludes halogenated alkanes) is 8. The van der Waals surface area contributed by atoms with E-state index in [4.69, 9.17) is 0 Å². The molecule has 0 saturated carbocycles. The standard InChI is InChI=1S/C23H37N2.BF3.FH/c1-5-6-7-8-9-10-11-12-13-14-24-15-16-25(19-24)23-21(3)17-20(2)18-22(23)4;2-1(3)4;/h15-19H,5-14H2,1-4H3;;1H/q+1;;/p-1. The van der Waals surface area contributed by atoms with Crippen molar-refractivity contribution in [1.82, 2.24) is 4.57 Å². The van der Waals surface area contributed by atoms with Crippen LogP contribution in [-0.4, -0.2) is 12.1 Å². The fourth-order valence-corrected chi connectivity index (χ4v) is 3.84. The minimum Gasteiger partial charge on any atom is -1.00 e. The molecule has 1 heterocycles. The molecule has 30 heavy (non-hydrogen) atoms.